The molecule has 1 heterocycles. The molecule has 0 unspecified atom stereocenters. The van der Waals surface area contributed by atoms with Crippen molar-refractivity contribution in [2.75, 3.05) is 6.54 Å². The smallest absolute Gasteiger partial charge is 0.227 e. The number of rotatable bonds is 3. The van der Waals surface area contributed by atoms with Crippen LogP contribution in [-0.4, -0.2) is 28.6 Å². The molecule has 4 nitrogen and oxygen atoms in total. The third-order valence-corrected chi connectivity index (χ3v) is 4.37. The van der Waals surface area contributed by atoms with Gasteiger partial charge >= 0.3 is 0 Å². The van der Waals surface area contributed by atoms with Crippen LogP contribution in [0, 0.1) is 23.0 Å². The average molecular weight is 342 g/mol. The number of hydrogen-bond donors (Lipinski definition) is 1. The van der Waals surface area contributed by atoms with Crippen molar-refractivity contribution in [3.05, 3.63) is 70.8 Å². The minimum Gasteiger partial charge on any atom is -0.391 e. The third kappa shape index (κ3) is 3.67. The first-order valence-corrected chi connectivity index (χ1v) is 7.89. The first-order chi connectivity index (χ1) is 12.0. The number of nitriles is 1. The monoisotopic (exact) mass is 342 g/mol. The van der Waals surface area contributed by atoms with Gasteiger partial charge < -0.3 is 10.0 Å². The van der Waals surface area contributed by atoms with Gasteiger partial charge in [0.15, 0.2) is 11.6 Å². The van der Waals surface area contributed by atoms with E-state index in [0.29, 0.717) is 11.1 Å². The van der Waals surface area contributed by atoms with E-state index in [-0.39, 0.29) is 25.3 Å². The maximum Gasteiger partial charge on any atom is 0.227 e. The predicted octanol–water partition coefficient (Wildman–Crippen LogP) is 2.71. The lowest BCUT2D eigenvalue weighted by molar-refractivity contribution is -0.131. The van der Waals surface area contributed by atoms with E-state index in [4.69, 9.17) is 5.26 Å². The van der Waals surface area contributed by atoms with E-state index >= 15 is 0 Å². The molecule has 128 valence electrons. The second kappa shape index (κ2) is 6.99. The molecule has 1 amide bonds. The number of halogens is 2. The summed E-state index contributed by atoms with van der Waals surface area (Å²) in [6, 6.07) is 11.7. The topological polar surface area (TPSA) is 64.3 Å². The molecule has 2 aromatic rings. The maximum atomic E-state index is 13.5. The molecule has 1 aliphatic heterocycles. The molecule has 2 aromatic carbocycles. The first kappa shape index (κ1) is 17.1. The normalized spacial score (nSPS) is 19.7. The van der Waals surface area contributed by atoms with E-state index in [1.165, 1.54) is 11.0 Å². The second-order valence-corrected chi connectivity index (χ2v) is 6.11. The lowest BCUT2D eigenvalue weighted by Gasteiger charge is -2.25. The molecule has 3 rings (SSSR count). The lowest BCUT2D eigenvalue weighted by Crippen LogP contribution is -2.33. The largest absolute Gasteiger partial charge is 0.391 e. The predicted molar refractivity (Wildman–Crippen MR) is 86.3 cm³/mol. The van der Waals surface area contributed by atoms with E-state index in [9.17, 15) is 18.7 Å². The van der Waals surface area contributed by atoms with Gasteiger partial charge in [-0.1, -0.05) is 18.2 Å². The Morgan fingerprint density at radius 1 is 1.20 bits per heavy atom. The van der Waals surface area contributed by atoms with Crippen LogP contribution in [0.3, 0.4) is 0 Å². The lowest BCUT2D eigenvalue weighted by atomic mass is 10.0. The highest BCUT2D eigenvalue weighted by Crippen LogP contribution is 2.33. The number of benzene rings is 2. The Balaban J connectivity index is 1.79. The molecule has 6 heteroatoms. The summed E-state index contributed by atoms with van der Waals surface area (Å²) in [4.78, 5) is 14.1. The first-order valence-electron chi connectivity index (χ1n) is 7.89. The van der Waals surface area contributed by atoms with Crippen LogP contribution in [0.1, 0.15) is 29.2 Å². The molecule has 0 radical (unpaired) electrons. The number of hydrogen-bond acceptors (Lipinski definition) is 3. The van der Waals surface area contributed by atoms with Crippen molar-refractivity contribution in [3.8, 4) is 6.07 Å². The quantitative estimate of drug-likeness (QED) is 0.933. The van der Waals surface area contributed by atoms with Gasteiger partial charge in [-0.3, -0.25) is 4.79 Å². The number of nitrogens with zero attached hydrogens (tertiary/aromatic N) is 2. The fourth-order valence-electron chi connectivity index (χ4n) is 3.10. The summed E-state index contributed by atoms with van der Waals surface area (Å²) in [5, 5.41) is 18.7. The van der Waals surface area contributed by atoms with Crippen LogP contribution in [0.5, 0.6) is 0 Å². The number of likely N-dealkylation sites (tertiary alicyclic amines) is 1. The van der Waals surface area contributed by atoms with E-state index < -0.39 is 23.8 Å². The van der Waals surface area contributed by atoms with Gasteiger partial charge in [0, 0.05) is 6.54 Å². The Morgan fingerprint density at radius 2 is 1.92 bits per heavy atom. The fourth-order valence-corrected chi connectivity index (χ4v) is 3.10. The summed E-state index contributed by atoms with van der Waals surface area (Å²) < 4.78 is 26.6. The fraction of sp³-hybridized carbons (Fsp3) is 0.263. The number of carbonyl (C=O) groups is 1. The third-order valence-electron chi connectivity index (χ3n) is 4.37. The van der Waals surface area contributed by atoms with Gasteiger partial charge in [-0.15, -0.1) is 0 Å². The minimum absolute atomic E-state index is 0.110. The number of aliphatic hydroxyl groups is 1. The van der Waals surface area contributed by atoms with Crippen molar-refractivity contribution in [2.24, 2.45) is 0 Å². The molecule has 1 fully saturated rings. The van der Waals surface area contributed by atoms with Crippen LogP contribution in [0.15, 0.2) is 42.5 Å². The van der Waals surface area contributed by atoms with Gasteiger partial charge in [-0.2, -0.15) is 5.26 Å². The highest BCUT2D eigenvalue weighted by Gasteiger charge is 2.35. The van der Waals surface area contributed by atoms with Crippen LogP contribution in [0.2, 0.25) is 0 Å². The van der Waals surface area contributed by atoms with Gasteiger partial charge in [0.05, 0.1) is 30.2 Å². The molecule has 0 aromatic heterocycles. The summed E-state index contributed by atoms with van der Waals surface area (Å²) in [7, 11) is 0. The molecular weight excluding hydrogens is 326 g/mol. The molecule has 0 bridgehead atoms. The molecule has 0 saturated carbocycles. The molecule has 25 heavy (non-hydrogen) atoms. The zero-order valence-corrected chi connectivity index (χ0v) is 13.3. The molecule has 1 saturated heterocycles. The molecular formula is C19H16F2N2O2. The highest BCUT2D eigenvalue weighted by molar-refractivity contribution is 5.79. The summed E-state index contributed by atoms with van der Waals surface area (Å²) >= 11 is 0. The average Bonchev–Trinajstić information content (AvgIpc) is 3.00. The maximum absolute atomic E-state index is 13.5. The van der Waals surface area contributed by atoms with Crippen molar-refractivity contribution < 1.29 is 18.7 Å². The molecule has 1 aliphatic rings. The standard InChI is InChI=1S/C19H16F2N2O2/c20-16-6-5-14(8-17(16)21)18-9-15(24)11-23(18)19(25)7-12-1-3-13(10-22)4-2-12/h1-6,8,15,18,24H,7,9,11H2/t15-,18+/m0/s1. The van der Waals surface area contributed by atoms with Crippen molar-refractivity contribution in [1.29, 1.82) is 5.26 Å². The van der Waals surface area contributed by atoms with E-state index in [1.54, 1.807) is 24.3 Å². The van der Waals surface area contributed by atoms with Crippen molar-refractivity contribution >= 4 is 5.91 Å². The Hall–Kier alpha value is -2.78. The number of β-amino-alcohol motifs (C(OH)–C–C–N with tert-alkyl or cyclic N) is 1. The van der Waals surface area contributed by atoms with Crippen LogP contribution < -0.4 is 0 Å². The molecule has 0 spiro atoms. The van der Waals surface area contributed by atoms with Gasteiger partial charge in [-0.25, -0.2) is 8.78 Å². The Kier molecular flexibility index (Phi) is 4.77. The summed E-state index contributed by atoms with van der Waals surface area (Å²) in [6.07, 6.45) is -0.314. The Morgan fingerprint density at radius 3 is 2.56 bits per heavy atom. The van der Waals surface area contributed by atoms with Gasteiger partial charge in [0.1, 0.15) is 0 Å². The van der Waals surface area contributed by atoms with E-state index in [2.05, 4.69) is 0 Å². The minimum atomic E-state index is -0.974. The zero-order valence-electron chi connectivity index (χ0n) is 13.3. The van der Waals surface area contributed by atoms with Crippen LogP contribution in [0.25, 0.3) is 0 Å². The van der Waals surface area contributed by atoms with Gasteiger partial charge in [0.25, 0.3) is 0 Å². The van der Waals surface area contributed by atoms with Crippen LogP contribution in [0.4, 0.5) is 8.78 Å². The second-order valence-electron chi connectivity index (χ2n) is 6.11. The summed E-state index contributed by atoms with van der Waals surface area (Å²) in [6.45, 7) is 0.152. The number of aliphatic hydroxyl groups excluding tert-OH is 1. The van der Waals surface area contributed by atoms with Gasteiger partial charge in [0.2, 0.25) is 5.91 Å². The number of carbonyl (C=O) groups excluding carboxylic acids is 1. The molecule has 1 N–H and O–H groups in total. The zero-order chi connectivity index (χ0) is 18.0. The van der Waals surface area contributed by atoms with Crippen LogP contribution in [-0.2, 0) is 11.2 Å². The number of amides is 1. The van der Waals surface area contributed by atoms with E-state index in [1.807, 2.05) is 6.07 Å². The molecule has 2 atom stereocenters. The van der Waals surface area contributed by atoms with Crippen LogP contribution >= 0.6 is 0 Å². The van der Waals surface area contributed by atoms with Gasteiger partial charge in [-0.05, 0) is 41.8 Å². The highest BCUT2D eigenvalue weighted by atomic mass is 19.2. The Bertz CT molecular complexity index is 830. The van der Waals surface area contributed by atoms with Crippen molar-refractivity contribution in [2.45, 2.75) is 25.0 Å². The van der Waals surface area contributed by atoms with Crippen molar-refractivity contribution in [3.63, 3.8) is 0 Å². The summed E-state index contributed by atoms with van der Waals surface area (Å²) in [5.74, 6) is -2.13. The van der Waals surface area contributed by atoms with Crippen molar-refractivity contribution in [1.82, 2.24) is 4.90 Å². The Labute approximate surface area is 143 Å². The van der Waals surface area contributed by atoms with E-state index in [0.717, 1.165) is 17.7 Å². The molecule has 0 aliphatic carbocycles. The summed E-state index contributed by atoms with van der Waals surface area (Å²) in [5.41, 5.74) is 1.71. The SMILES string of the molecule is N#Cc1ccc(CC(=O)N2C[C@@H](O)C[C@@H]2c2ccc(F)c(F)c2)cc1.